The highest BCUT2D eigenvalue weighted by Gasteiger charge is 2.20. The van der Waals surface area contributed by atoms with Crippen LogP contribution in [0.15, 0.2) is 71.6 Å². The van der Waals surface area contributed by atoms with Gasteiger partial charge in [-0.15, -0.1) is 0 Å². The van der Waals surface area contributed by atoms with E-state index in [9.17, 15) is 18.0 Å². The average molecular weight is 461 g/mol. The summed E-state index contributed by atoms with van der Waals surface area (Å²) in [6.45, 7) is 0. The molecule has 0 saturated heterocycles. The van der Waals surface area contributed by atoms with Crippen LogP contribution < -0.4 is 14.8 Å². The molecule has 0 unspecified atom stereocenters. The number of benzene rings is 3. The number of carboxylic acids is 1. The van der Waals surface area contributed by atoms with Crippen molar-refractivity contribution >= 4 is 44.9 Å². The summed E-state index contributed by atoms with van der Waals surface area (Å²) < 4.78 is 32.9. The van der Waals surface area contributed by atoms with Gasteiger partial charge in [0.2, 0.25) is 0 Å². The van der Waals surface area contributed by atoms with Gasteiger partial charge in [0.25, 0.3) is 15.9 Å². The third-order valence-electron chi connectivity index (χ3n) is 4.23. The van der Waals surface area contributed by atoms with E-state index >= 15 is 0 Å². The van der Waals surface area contributed by atoms with Gasteiger partial charge in [0, 0.05) is 10.7 Å². The number of hydrogen-bond acceptors (Lipinski definition) is 5. The number of methoxy groups -OCH3 is 1. The van der Waals surface area contributed by atoms with E-state index in [1.807, 2.05) is 0 Å². The number of carboxylic acid groups (broad SMARTS) is 1. The Kier molecular flexibility index (Phi) is 6.47. The summed E-state index contributed by atoms with van der Waals surface area (Å²) in [6.07, 6.45) is 0. The van der Waals surface area contributed by atoms with E-state index in [4.69, 9.17) is 21.4 Å². The Morgan fingerprint density at radius 3 is 2.19 bits per heavy atom. The number of halogens is 1. The van der Waals surface area contributed by atoms with Crippen LogP contribution in [0.3, 0.4) is 0 Å². The van der Waals surface area contributed by atoms with Crippen molar-refractivity contribution in [3.63, 3.8) is 0 Å². The van der Waals surface area contributed by atoms with Gasteiger partial charge in [-0.3, -0.25) is 9.52 Å². The standard InChI is InChI=1S/C21H17ClN2O6S/c1-30-16-7-9-17(10-8-16)31(28,29)24-19-11-4-14(22)12-18(19)20(25)23-15-5-2-13(3-6-15)21(26)27/h2-12,24H,1H3,(H,23,25)(H,26,27). The fourth-order valence-corrected chi connectivity index (χ4v) is 3.90. The van der Waals surface area contributed by atoms with Gasteiger partial charge in [0.05, 0.1) is 28.8 Å². The number of carbonyl (C=O) groups excluding carboxylic acids is 1. The van der Waals surface area contributed by atoms with Gasteiger partial charge < -0.3 is 15.2 Å². The first kappa shape index (κ1) is 22.1. The molecule has 0 aliphatic rings. The summed E-state index contributed by atoms with van der Waals surface area (Å²) in [5.74, 6) is -1.22. The van der Waals surface area contributed by atoms with Crippen LogP contribution in [0.1, 0.15) is 20.7 Å². The molecule has 3 aromatic rings. The second-order valence-electron chi connectivity index (χ2n) is 6.31. The van der Waals surface area contributed by atoms with E-state index in [1.54, 1.807) is 0 Å². The van der Waals surface area contributed by atoms with E-state index in [0.717, 1.165) is 0 Å². The predicted molar refractivity (Wildman–Crippen MR) is 117 cm³/mol. The van der Waals surface area contributed by atoms with Gasteiger partial charge in [-0.1, -0.05) is 11.6 Å². The monoisotopic (exact) mass is 460 g/mol. The lowest BCUT2D eigenvalue weighted by Crippen LogP contribution is -2.18. The van der Waals surface area contributed by atoms with Crippen molar-refractivity contribution in [2.24, 2.45) is 0 Å². The Morgan fingerprint density at radius 2 is 1.61 bits per heavy atom. The van der Waals surface area contributed by atoms with Gasteiger partial charge in [-0.25, -0.2) is 13.2 Å². The highest BCUT2D eigenvalue weighted by atomic mass is 35.5. The van der Waals surface area contributed by atoms with Crippen LogP contribution in [-0.4, -0.2) is 32.5 Å². The molecule has 0 fully saturated rings. The largest absolute Gasteiger partial charge is 0.497 e. The van der Waals surface area contributed by atoms with Crippen LogP contribution >= 0.6 is 11.6 Å². The maximum absolute atomic E-state index is 12.8. The fourth-order valence-electron chi connectivity index (χ4n) is 2.65. The molecule has 0 atom stereocenters. The number of aromatic carboxylic acids is 1. The summed E-state index contributed by atoms with van der Waals surface area (Å²) in [5, 5.41) is 11.8. The van der Waals surface area contributed by atoms with Crippen molar-refractivity contribution in [1.82, 2.24) is 0 Å². The molecule has 3 rings (SSSR count). The molecule has 0 aliphatic carbocycles. The molecule has 10 heteroatoms. The molecule has 0 aliphatic heterocycles. The third-order valence-corrected chi connectivity index (χ3v) is 5.85. The minimum Gasteiger partial charge on any atom is -0.497 e. The molecule has 0 radical (unpaired) electrons. The molecular formula is C21H17ClN2O6S. The van der Waals surface area contributed by atoms with E-state index in [1.165, 1.54) is 73.8 Å². The zero-order valence-electron chi connectivity index (χ0n) is 16.1. The van der Waals surface area contributed by atoms with E-state index < -0.39 is 21.9 Å². The molecular weight excluding hydrogens is 444 g/mol. The molecule has 3 N–H and O–H groups in total. The van der Waals surface area contributed by atoms with Gasteiger partial charge >= 0.3 is 5.97 Å². The van der Waals surface area contributed by atoms with Gasteiger partial charge in [0.1, 0.15) is 5.75 Å². The number of ether oxygens (including phenoxy) is 1. The Hall–Kier alpha value is -3.56. The Morgan fingerprint density at radius 1 is 0.968 bits per heavy atom. The molecule has 0 aromatic heterocycles. The second kappa shape index (κ2) is 9.07. The van der Waals surface area contributed by atoms with E-state index in [-0.39, 0.29) is 26.7 Å². The van der Waals surface area contributed by atoms with Crippen molar-refractivity contribution in [3.05, 3.63) is 82.9 Å². The first-order chi connectivity index (χ1) is 14.7. The zero-order valence-corrected chi connectivity index (χ0v) is 17.7. The van der Waals surface area contributed by atoms with E-state index in [0.29, 0.717) is 11.4 Å². The van der Waals surface area contributed by atoms with E-state index in [2.05, 4.69) is 10.0 Å². The van der Waals surface area contributed by atoms with Crippen molar-refractivity contribution in [2.45, 2.75) is 4.90 Å². The molecule has 0 spiro atoms. The quantitative estimate of drug-likeness (QED) is 0.488. The van der Waals surface area contributed by atoms with Gasteiger partial charge in [-0.05, 0) is 66.7 Å². The summed E-state index contributed by atoms with van der Waals surface area (Å²) >= 11 is 6.00. The maximum atomic E-state index is 12.8. The molecule has 0 saturated carbocycles. The summed E-state index contributed by atoms with van der Waals surface area (Å²) in [4.78, 5) is 23.7. The van der Waals surface area contributed by atoms with Crippen LogP contribution in [0.4, 0.5) is 11.4 Å². The lowest BCUT2D eigenvalue weighted by Gasteiger charge is -2.14. The van der Waals surface area contributed by atoms with Gasteiger partial charge in [-0.2, -0.15) is 0 Å². The molecule has 31 heavy (non-hydrogen) atoms. The highest BCUT2D eigenvalue weighted by molar-refractivity contribution is 7.92. The molecule has 3 aromatic carbocycles. The molecule has 1 amide bonds. The summed E-state index contributed by atoms with van der Waals surface area (Å²) in [5.41, 5.74) is 0.416. The van der Waals surface area contributed by atoms with Crippen molar-refractivity contribution in [3.8, 4) is 5.75 Å². The topological polar surface area (TPSA) is 122 Å². The normalized spacial score (nSPS) is 10.9. The SMILES string of the molecule is COc1ccc(S(=O)(=O)Nc2ccc(Cl)cc2C(=O)Nc2ccc(C(=O)O)cc2)cc1. The zero-order chi connectivity index (χ0) is 22.6. The summed E-state index contributed by atoms with van der Waals surface area (Å²) in [7, 11) is -2.52. The first-order valence-corrected chi connectivity index (χ1v) is 10.7. The predicted octanol–water partition coefficient (Wildman–Crippen LogP) is 4.10. The maximum Gasteiger partial charge on any atom is 0.335 e. The number of carbonyl (C=O) groups is 2. The highest BCUT2D eigenvalue weighted by Crippen LogP contribution is 2.25. The molecule has 0 bridgehead atoms. The van der Waals surface area contributed by atoms with Crippen LogP contribution in [-0.2, 0) is 10.0 Å². The number of sulfonamides is 1. The van der Waals surface area contributed by atoms with Gasteiger partial charge in [0.15, 0.2) is 0 Å². The number of amides is 1. The Bertz CT molecular complexity index is 1230. The number of hydrogen-bond donors (Lipinski definition) is 3. The number of anilines is 2. The summed E-state index contributed by atoms with van der Waals surface area (Å²) in [6, 6.07) is 15.4. The average Bonchev–Trinajstić information content (AvgIpc) is 2.75. The molecule has 0 heterocycles. The molecule has 160 valence electrons. The minimum atomic E-state index is -3.99. The lowest BCUT2D eigenvalue weighted by molar-refractivity contribution is 0.0696. The van der Waals surface area contributed by atoms with Crippen molar-refractivity contribution < 1.29 is 27.9 Å². The minimum absolute atomic E-state index is 0.00750. The number of rotatable bonds is 7. The van der Waals surface area contributed by atoms with Crippen LogP contribution in [0.5, 0.6) is 5.75 Å². The van der Waals surface area contributed by atoms with Crippen molar-refractivity contribution in [2.75, 3.05) is 17.1 Å². The smallest absolute Gasteiger partial charge is 0.335 e. The number of nitrogens with one attached hydrogen (secondary N) is 2. The lowest BCUT2D eigenvalue weighted by atomic mass is 10.1. The van der Waals surface area contributed by atoms with Crippen LogP contribution in [0.25, 0.3) is 0 Å². The Balaban J connectivity index is 1.87. The third kappa shape index (κ3) is 5.33. The fraction of sp³-hybridized carbons (Fsp3) is 0.0476. The Labute approximate surface area is 183 Å². The van der Waals surface area contributed by atoms with Crippen LogP contribution in [0.2, 0.25) is 5.02 Å². The van der Waals surface area contributed by atoms with Crippen molar-refractivity contribution in [1.29, 1.82) is 0 Å². The first-order valence-electron chi connectivity index (χ1n) is 8.81. The second-order valence-corrected chi connectivity index (χ2v) is 8.43. The van der Waals surface area contributed by atoms with Crippen LogP contribution in [0, 0.1) is 0 Å². The molecule has 8 nitrogen and oxygen atoms in total.